The summed E-state index contributed by atoms with van der Waals surface area (Å²) in [5.74, 6) is 1.00. The molecule has 1 aliphatic heterocycles. The SMILES string of the molecule is Cc1noc(C2CCCN2)c1Cc1ccc(Cl)cc1. The molecule has 4 heteroatoms. The van der Waals surface area contributed by atoms with Crippen molar-refractivity contribution in [3.63, 3.8) is 0 Å². The molecule has 1 aromatic carbocycles. The van der Waals surface area contributed by atoms with Crippen LogP contribution in [0.3, 0.4) is 0 Å². The average Bonchev–Trinajstić information content (AvgIpc) is 3.03. The first-order chi connectivity index (χ1) is 9.24. The van der Waals surface area contributed by atoms with Gasteiger partial charge in [0, 0.05) is 17.0 Å². The van der Waals surface area contributed by atoms with E-state index in [9.17, 15) is 0 Å². The van der Waals surface area contributed by atoms with E-state index in [-0.39, 0.29) is 0 Å². The summed E-state index contributed by atoms with van der Waals surface area (Å²) in [5.41, 5.74) is 3.43. The highest BCUT2D eigenvalue weighted by Gasteiger charge is 2.25. The number of hydrogen-bond acceptors (Lipinski definition) is 3. The maximum Gasteiger partial charge on any atom is 0.157 e. The van der Waals surface area contributed by atoms with Crippen LogP contribution < -0.4 is 5.32 Å². The summed E-state index contributed by atoms with van der Waals surface area (Å²) in [6.07, 6.45) is 3.17. The van der Waals surface area contributed by atoms with E-state index < -0.39 is 0 Å². The van der Waals surface area contributed by atoms with Gasteiger partial charge in [-0.25, -0.2) is 0 Å². The largest absolute Gasteiger partial charge is 0.359 e. The van der Waals surface area contributed by atoms with Crippen molar-refractivity contribution in [2.75, 3.05) is 6.54 Å². The van der Waals surface area contributed by atoms with Crippen molar-refractivity contribution >= 4 is 11.6 Å². The molecule has 1 unspecified atom stereocenters. The third kappa shape index (κ3) is 2.67. The molecule has 2 aromatic rings. The number of hydrogen-bond donors (Lipinski definition) is 1. The van der Waals surface area contributed by atoms with Crippen LogP contribution in [0.1, 0.15) is 41.5 Å². The molecule has 1 N–H and O–H groups in total. The molecule has 0 amide bonds. The summed E-state index contributed by atoms with van der Waals surface area (Å²) in [7, 11) is 0. The zero-order valence-corrected chi connectivity index (χ0v) is 11.7. The van der Waals surface area contributed by atoms with E-state index in [0.717, 1.165) is 35.9 Å². The first-order valence-electron chi connectivity index (χ1n) is 6.67. The van der Waals surface area contributed by atoms with Crippen LogP contribution in [0, 0.1) is 6.92 Å². The molecule has 3 nitrogen and oxygen atoms in total. The Morgan fingerprint density at radius 1 is 1.37 bits per heavy atom. The molecule has 0 spiro atoms. The molecule has 0 radical (unpaired) electrons. The quantitative estimate of drug-likeness (QED) is 0.930. The van der Waals surface area contributed by atoms with Gasteiger partial charge in [0.1, 0.15) is 0 Å². The van der Waals surface area contributed by atoms with Crippen LogP contribution >= 0.6 is 11.6 Å². The predicted octanol–water partition coefficient (Wildman–Crippen LogP) is 3.65. The highest BCUT2D eigenvalue weighted by molar-refractivity contribution is 6.30. The summed E-state index contributed by atoms with van der Waals surface area (Å²) in [6, 6.07) is 8.28. The van der Waals surface area contributed by atoms with Crippen LogP contribution in [0.4, 0.5) is 0 Å². The van der Waals surface area contributed by atoms with Crippen molar-refractivity contribution in [1.82, 2.24) is 10.5 Å². The number of nitrogens with one attached hydrogen (secondary N) is 1. The third-order valence-electron chi connectivity index (χ3n) is 3.69. The Kier molecular flexibility index (Phi) is 3.58. The molecule has 1 saturated heterocycles. The summed E-state index contributed by atoms with van der Waals surface area (Å²) >= 11 is 5.92. The van der Waals surface area contributed by atoms with E-state index in [0.29, 0.717) is 6.04 Å². The van der Waals surface area contributed by atoms with Crippen LogP contribution in [0.5, 0.6) is 0 Å². The molecular weight excluding hydrogens is 260 g/mol. The Morgan fingerprint density at radius 3 is 2.84 bits per heavy atom. The molecule has 3 rings (SSSR count). The number of benzene rings is 1. The molecule has 0 aliphatic carbocycles. The molecule has 2 heterocycles. The van der Waals surface area contributed by atoms with Crippen LogP contribution in [-0.2, 0) is 6.42 Å². The predicted molar refractivity (Wildman–Crippen MR) is 75.5 cm³/mol. The van der Waals surface area contributed by atoms with Crippen LogP contribution in [-0.4, -0.2) is 11.7 Å². The van der Waals surface area contributed by atoms with E-state index >= 15 is 0 Å². The van der Waals surface area contributed by atoms with Crippen molar-refractivity contribution in [3.8, 4) is 0 Å². The molecule has 1 atom stereocenters. The Hall–Kier alpha value is -1.32. The number of aromatic nitrogens is 1. The minimum atomic E-state index is 0.323. The van der Waals surface area contributed by atoms with E-state index in [2.05, 4.69) is 22.6 Å². The third-order valence-corrected chi connectivity index (χ3v) is 3.94. The normalized spacial score (nSPS) is 18.9. The highest BCUT2D eigenvalue weighted by Crippen LogP contribution is 2.29. The molecule has 1 aliphatic rings. The lowest BCUT2D eigenvalue weighted by Gasteiger charge is -2.09. The number of nitrogens with zero attached hydrogens (tertiary/aromatic N) is 1. The fraction of sp³-hybridized carbons (Fsp3) is 0.400. The monoisotopic (exact) mass is 276 g/mol. The van der Waals surface area contributed by atoms with Gasteiger partial charge in [0.25, 0.3) is 0 Å². The lowest BCUT2D eigenvalue weighted by atomic mass is 10.00. The fourth-order valence-corrected chi connectivity index (χ4v) is 2.74. The van der Waals surface area contributed by atoms with Gasteiger partial charge in [-0.3, -0.25) is 0 Å². The molecular formula is C15H17ClN2O. The minimum absolute atomic E-state index is 0.323. The lowest BCUT2D eigenvalue weighted by molar-refractivity contribution is 0.347. The van der Waals surface area contributed by atoms with E-state index in [1.807, 2.05) is 19.1 Å². The standard InChI is InChI=1S/C15H17ClN2O/c1-10-13(9-11-4-6-12(16)7-5-11)15(19-18-10)14-3-2-8-17-14/h4-7,14,17H,2-3,8-9H2,1H3. The second-order valence-corrected chi connectivity index (χ2v) is 5.50. The summed E-state index contributed by atoms with van der Waals surface area (Å²) < 4.78 is 5.54. The number of aryl methyl sites for hydroxylation is 1. The zero-order valence-electron chi connectivity index (χ0n) is 10.9. The minimum Gasteiger partial charge on any atom is -0.359 e. The molecule has 0 bridgehead atoms. The highest BCUT2D eigenvalue weighted by atomic mass is 35.5. The van der Waals surface area contributed by atoms with Crippen LogP contribution in [0.15, 0.2) is 28.8 Å². The molecule has 0 saturated carbocycles. The maximum absolute atomic E-state index is 5.92. The van der Waals surface area contributed by atoms with Gasteiger partial charge >= 0.3 is 0 Å². The van der Waals surface area contributed by atoms with Crippen molar-refractivity contribution in [2.24, 2.45) is 0 Å². The molecule has 1 fully saturated rings. The van der Waals surface area contributed by atoms with Crippen molar-refractivity contribution in [1.29, 1.82) is 0 Å². The Bertz CT molecular complexity index is 556. The zero-order chi connectivity index (χ0) is 13.2. The Morgan fingerprint density at radius 2 is 2.16 bits per heavy atom. The van der Waals surface area contributed by atoms with Gasteiger partial charge in [-0.2, -0.15) is 0 Å². The topological polar surface area (TPSA) is 38.1 Å². The van der Waals surface area contributed by atoms with Crippen molar-refractivity contribution < 1.29 is 4.52 Å². The van der Waals surface area contributed by atoms with Crippen LogP contribution in [0.2, 0.25) is 5.02 Å². The molecule has 1 aromatic heterocycles. The Balaban J connectivity index is 1.87. The van der Waals surface area contributed by atoms with Gasteiger partial charge in [0.2, 0.25) is 0 Å². The first-order valence-corrected chi connectivity index (χ1v) is 7.04. The fourth-order valence-electron chi connectivity index (χ4n) is 2.61. The van der Waals surface area contributed by atoms with E-state index in [1.54, 1.807) is 0 Å². The maximum atomic E-state index is 5.92. The second kappa shape index (κ2) is 5.35. The van der Waals surface area contributed by atoms with E-state index in [1.165, 1.54) is 17.5 Å². The van der Waals surface area contributed by atoms with E-state index in [4.69, 9.17) is 16.1 Å². The summed E-state index contributed by atoms with van der Waals surface area (Å²) in [6.45, 7) is 3.07. The van der Waals surface area contributed by atoms with Gasteiger partial charge in [0.05, 0.1) is 11.7 Å². The smallest absolute Gasteiger partial charge is 0.157 e. The van der Waals surface area contributed by atoms with Gasteiger partial charge in [-0.1, -0.05) is 28.9 Å². The van der Waals surface area contributed by atoms with Crippen molar-refractivity contribution in [3.05, 3.63) is 51.9 Å². The lowest BCUT2D eigenvalue weighted by Crippen LogP contribution is -2.13. The van der Waals surface area contributed by atoms with Gasteiger partial charge in [-0.15, -0.1) is 0 Å². The van der Waals surface area contributed by atoms with Gasteiger partial charge in [0.15, 0.2) is 5.76 Å². The second-order valence-electron chi connectivity index (χ2n) is 5.06. The number of rotatable bonds is 3. The van der Waals surface area contributed by atoms with Gasteiger partial charge < -0.3 is 9.84 Å². The van der Waals surface area contributed by atoms with Gasteiger partial charge in [-0.05, 0) is 44.0 Å². The van der Waals surface area contributed by atoms with Crippen molar-refractivity contribution in [2.45, 2.75) is 32.2 Å². The summed E-state index contributed by atoms with van der Waals surface area (Å²) in [4.78, 5) is 0. The first kappa shape index (κ1) is 12.7. The van der Waals surface area contributed by atoms with Crippen LogP contribution in [0.25, 0.3) is 0 Å². The molecule has 19 heavy (non-hydrogen) atoms. The Labute approximate surface area is 117 Å². The average molecular weight is 277 g/mol. The summed E-state index contributed by atoms with van der Waals surface area (Å²) in [5, 5.41) is 8.37. The molecule has 100 valence electrons. The number of halogens is 1.